The maximum Gasteiger partial charge on any atom is 0.474 e. The zero-order valence-corrected chi connectivity index (χ0v) is 8.92. The first-order chi connectivity index (χ1) is 6.53. The Morgan fingerprint density at radius 1 is 1.50 bits per heavy atom. The molecule has 1 aliphatic rings. The van der Waals surface area contributed by atoms with Gasteiger partial charge in [0.25, 0.3) is 0 Å². The lowest BCUT2D eigenvalue weighted by atomic mass is 10.2. The van der Waals surface area contributed by atoms with Crippen LogP contribution in [0.1, 0.15) is 13.3 Å². The number of phosphoric ester groups is 1. The molecule has 0 aromatic rings. The van der Waals surface area contributed by atoms with E-state index in [1.165, 1.54) is 0 Å². The third-order valence-electron chi connectivity index (χ3n) is 1.64. The molecule has 0 radical (unpaired) electrons. The van der Waals surface area contributed by atoms with Crippen LogP contribution in [-0.4, -0.2) is 25.6 Å². The maximum absolute atomic E-state index is 11.4. The Labute approximate surface area is 82.7 Å². The number of rotatable bonds is 5. The van der Waals surface area contributed by atoms with Gasteiger partial charge in [0.05, 0.1) is 19.8 Å². The zero-order chi connectivity index (χ0) is 10.6. The molecule has 1 saturated heterocycles. The molecule has 14 heavy (non-hydrogen) atoms. The summed E-state index contributed by atoms with van der Waals surface area (Å²) in [7, 11) is -3.34. The summed E-state index contributed by atoms with van der Waals surface area (Å²) >= 11 is 0. The van der Waals surface area contributed by atoms with Gasteiger partial charge in [0, 0.05) is 6.42 Å². The highest BCUT2D eigenvalue weighted by Crippen LogP contribution is 2.52. The van der Waals surface area contributed by atoms with E-state index in [0.717, 1.165) is 0 Å². The minimum absolute atomic E-state index is 0.0307. The highest BCUT2D eigenvalue weighted by atomic mass is 31.2. The second-order valence-corrected chi connectivity index (χ2v) is 4.57. The van der Waals surface area contributed by atoms with Crippen LogP contribution in [0.4, 0.5) is 0 Å². The van der Waals surface area contributed by atoms with Gasteiger partial charge in [-0.2, -0.15) is 0 Å². The van der Waals surface area contributed by atoms with Crippen LogP contribution in [0, 0.1) is 0 Å². The molecule has 1 heterocycles. The Morgan fingerprint density at radius 2 is 2.07 bits per heavy atom. The van der Waals surface area contributed by atoms with Crippen molar-refractivity contribution in [3.8, 4) is 0 Å². The minimum Gasteiger partial charge on any atom is -0.294 e. The fraction of sp³-hybridized carbons (Fsp3) is 0.625. The lowest BCUT2D eigenvalue weighted by Gasteiger charge is -2.08. The molecule has 0 atom stereocenters. The molecule has 1 aliphatic heterocycles. The molecule has 0 N–H and O–H groups in total. The number of hydrogen-bond acceptors (Lipinski definition) is 5. The van der Waals surface area contributed by atoms with Crippen molar-refractivity contribution in [3.05, 3.63) is 12.2 Å². The smallest absolute Gasteiger partial charge is 0.294 e. The summed E-state index contributed by atoms with van der Waals surface area (Å²) in [6.45, 7) is 5.67. The standard InChI is InChI=1S/C8H13O5P/c1-7(2)8(9)3-4-11-14(10)12-5-6-13-14/h1,3-6H2,2H3. The van der Waals surface area contributed by atoms with E-state index in [0.29, 0.717) is 5.57 Å². The van der Waals surface area contributed by atoms with Gasteiger partial charge in [-0.25, -0.2) is 4.57 Å². The zero-order valence-electron chi connectivity index (χ0n) is 8.02. The van der Waals surface area contributed by atoms with Crippen molar-refractivity contribution in [1.29, 1.82) is 0 Å². The van der Waals surface area contributed by atoms with Crippen molar-refractivity contribution in [2.75, 3.05) is 19.8 Å². The van der Waals surface area contributed by atoms with Gasteiger partial charge in [0.2, 0.25) is 0 Å². The molecule has 5 nitrogen and oxygen atoms in total. The summed E-state index contributed by atoms with van der Waals surface area (Å²) in [4.78, 5) is 11.1. The van der Waals surface area contributed by atoms with Crippen molar-refractivity contribution in [3.63, 3.8) is 0 Å². The van der Waals surface area contributed by atoms with E-state index in [9.17, 15) is 9.36 Å². The maximum atomic E-state index is 11.4. The predicted octanol–water partition coefficient (Wildman–Crippen LogP) is 1.69. The molecule has 6 heteroatoms. The van der Waals surface area contributed by atoms with Gasteiger partial charge < -0.3 is 0 Å². The monoisotopic (exact) mass is 220 g/mol. The highest BCUT2D eigenvalue weighted by molar-refractivity contribution is 7.48. The number of hydrogen-bond donors (Lipinski definition) is 0. The third kappa shape index (κ3) is 3.35. The van der Waals surface area contributed by atoms with Crippen LogP contribution in [0.3, 0.4) is 0 Å². The Bertz CT molecular complexity index is 275. The van der Waals surface area contributed by atoms with Crippen LogP contribution >= 0.6 is 7.82 Å². The predicted molar refractivity (Wildman–Crippen MR) is 49.9 cm³/mol. The molecule has 0 aliphatic carbocycles. The quantitative estimate of drug-likeness (QED) is 0.521. The second kappa shape index (κ2) is 4.84. The molecule has 0 saturated carbocycles. The largest absolute Gasteiger partial charge is 0.474 e. The van der Waals surface area contributed by atoms with E-state index in [1.807, 2.05) is 0 Å². The number of Topliss-reactive ketones (excluding diaryl/α,β-unsaturated/α-hetero) is 1. The van der Waals surface area contributed by atoms with Gasteiger partial charge in [-0.15, -0.1) is 0 Å². The van der Waals surface area contributed by atoms with Crippen LogP contribution in [0.5, 0.6) is 0 Å². The van der Waals surface area contributed by atoms with Gasteiger partial charge in [0.15, 0.2) is 5.78 Å². The van der Waals surface area contributed by atoms with E-state index in [-0.39, 0.29) is 32.0 Å². The van der Waals surface area contributed by atoms with Gasteiger partial charge >= 0.3 is 7.82 Å². The summed E-state index contributed by atoms with van der Waals surface area (Å²) in [5, 5.41) is 0. The highest BCUT2D eigenvalue weighted by Gasteiger charge is 2.31. The van der Waals surface area contributed by atoms with Crippen molar-refractivity contribution in [2.45, 2.75) is 13.3 Å². The number of ketones is 1. The molecule has 0 aromatic carbocycles. The van der Waals surface area contributed by atoms with E-state index in [4.69, 9.17) is 13.6 Å². The van der Waals surface area contributed by atoms with Crippen LogP contribution in [-0.2, 0) is 22.9 Å². The van der Waals surface area contributed by atoms with Crippen molar-refractivity contribution in [1.82, 2.24) is 0 Å². The van der Waals surface area contributed by atoms with E-state index < -0.39 is 7.82 Å². The van der Waals surface area contributed by atoms with Crippen LogP contribution in [0.2, 0.25) is 0 Å². The van der Waals surface area contributed by atoms with Crippen LogP contribution < -0.4 is 0 Å². The first kappa shape index (κ1) is 11.6. The van der Waals surface area contributed by atoms with Crippen molar-refractivity contribution < 1.29 is 22.9 Å². The van der Waals surface area contributed by atoms with Crippen molar-refractivity contribution in [2.24, 2.45) is 0 Å². The van der Waals surface area contributed by atoms with E-state index in [1.54, 1.807) is 6.92 Å². The molecule has 80 valence electrons. The Balaban J connectivity index is 2.24. The Kier molecular flexibility index (Phi) is 4.01. The first-order valence-corrected chi connectivity index (χ1v) is 5.72. The number of carbonyl (C=O) groups excluding carboxylic acids is 1. The van der Waals surface area contributed by atoms with Gasteiger partial charge in [0.1, 0.15) is 0 Å². The van der Waals surface area contributed by atoms with Crippen LogP contribution in [0.15, 0.2) is 12.2 Å². The molecule has 1 rings (SSSR count). The number of allylic oxidation sites excluding steroid dienone is 1. The Morgan fingerprint density at radius 3 is 2.57 bits per heavy atom. The van der Waals surface area contributed by atoms with Crippen molar-refractivity contribution >= 4 is 13.6 Å². The molecule has 0 amide bonds. The molecular weight excluding hydrogens is 207 g/mol. The van der Waals surface area contributed by atoms with E-state index in [2.05, 4.69) is 6.58 Å². The fourth-order valence-corrected chi connectivity index (χ4v) is 2.01. The average Bonchev–Trinajstić information content (AvgIpc) is 2.52. The lowest BCUT2D eigenvalue weighted by molar-refractivity contribution is -0.116. The summed E-state index contributed by atoms with van der Waals surface area (Å²) in [5.41, 5.74) is 0.458. The topological polar surface area (TPSA) is 61.8 Å². The molecule has 0 unspecified atom stereocenters. The SMILES string of the molecule is C=C(C)C(=O)CCOP1(=O)OCCO1. The summed E-state index contributed by atoms with van der Waals surface area (Å²) in [6.07, 6.45) is 0.145. The molecular formula is C8H13O5P. The summed E-state index contributed by atoms with van der Waals surface area (Å²) in [6, 6.07) is 0. The molecule has 0 spiro atoms. The summed E-state index contributed by atoms with van der Waals surface area (Å²) in [5.74, 6) is -0.115. The Hall–Kier alpha value is -0.480. The molecule has 0 bridgehead atoms. The van der Waals surface area contributed by atoms with E-state index >= 15 is 0 Å². The minimum atomic E-state index is -3.34. The molecule has 1 fully saturated rings. The lowest BCUT2D eigenvalue weighted by Crippen LogP contribution is -2.03. The summed E-state index contributed by atoms with van der Waals surface area (Å²) < 4.78 is 25.7. The average molecular weight is 220 g/mol. The van der Waals surface area contributed by atoms with Gasteiger partial charge in [-0.05, 0) is 12.5 Å². The van der Waals surface area contributed by atoms with Gasteiger partial charge in [-0.3, -0.25) is 18.4 Å². The van der Waals surface area contributed by atoms with Gasteiger partial charge in [-0.1, -0.05) is 6.58 Å². The number of carbonyl (C=O) groups is 1. The second-order valence-electron chi connectivity index (χ2n) is 2.90. The fourth-order valence-electron chi connectivity index (χ4n) is 0.873. The normalized spacial score (nSPS) is 19.5. The molecule has 0 aromatic heterocycles. The number of phosphoric acid groups is 1. The first-order valence-electron chi connectivity index (χ1n) is 4.26. The van der Waals surface area contributed by atoms with Crippen LogP contribution in [0.25, 0.3) is 0 Å². The third-order valence-corrected chi connectivity index (χ3v) is 3.13.